The normalized spacial score (nSPS) is 18.8. The molecule has 3 aromatic heterocycles. The monoisotopic (exact) mass is 595 g/mol. The highest BCUT2D eigenvalue weighted by molar-refractivity contribution is 5.69. The van der Waals surface area contributed by atoms with Gasteiger partial charge in [-0.3, -0.25) is 0 Å². The Kier molecular flexibility index (Phi) is 7.41. The topological polar surface area (TPSA) is 92.4 Å². The van der Waals surface area contributed by atoms with Gasteiger partial charge in [-0.25, -0.2) is 19.2 Å². The predicted octanol–water partition coefficient (Wildman–Crippen LogP) is 5.76. The second-order valence-electron chi connectivity index (χ2n) is 11.7. The summed E-state index contributed by atoms with van der Waals surface area (Å²) >= 11 is 0. The van der Waals surface area contributed by atoms with E-state index in [0.29, 0.717) is 60.2 Å². The second kappa shape index (κ2) is 11.1. The van der Waals surface area contributed by atoms with Crippen molar-refractivity contribution < 1.29 is 32.5 Å². The summed E-state index contributed by atoms with van der Waals surface area (Å²) in [6.07, 6.45) is 2.15. The van der Waals surface area contributed by atoms with Gasteiger partial charge < -0.3 is 28.8 Å². The smallest absolute Gasteiger partial charge is 0.410 e. The van der Waals surface area contributed by atoms with Crippen LogP contribution in [0.2, 0.25) is 0 Å². The Balaban J connectivity index is 1.26. The first-order valence-electron chi connectivity index (χ1n) is 14.1. The molecular weight excluding hydrogens is 563 g/mol. The van der Waals surface area contributed by atoms with Crippen LogP contribution in [0.3, 0.4) is 0 Å². The molecule has 2 unspecified atom stereocenters. The maximum Gasteiger partial charge on any atom is 0.410 e. The fourth-order valence-corrected chi connectivity index (χ4v) is 5.77. The number of amides is 1. The predicted molar refractivity (Wildman–Crippen MR) is 153 cm³/mol. The molecule has 0 spiro atoms. The lowest BCUT2D eigenvalue weighted by atomic mass is 9.95. The molecule has 1 aliphatic carbocycles. The van der Waals surface area contributed by atoms with Gasteiger partial charge in [0, 0.05) is 67.2 Å². The number of rotatable bonds is 5. The number of anilines is 1. The first-order valence-corrected chi connectivity index (χ1v) is 14.1. The Hall–Kier alpha value is -4.32. The van der Waals surface area contributed by atoms with Gasteiger partial charge in [-0.1, -0.05) is 18.2 Å². The molecule has 9 nitrogen and oxygen atoms in total. The average molecular weight is 596 g/mol. The Morgan fingerprint density at radius 1 is 1.09 bits per heavy atom. The van der Waals surface area contributed by atoms with E-state index in [-0.39, 0.29) is 23.8 Å². The van der Waals surface area contributed by atoms with Gasteiger partial charge in [0.2, 0.25) is 0 Å². The highest BCUT2D eigenvalue weighted by Gasteiger charge is 2.37. The first-order chi connectivity index (χ1) is 20.5. The molecule has 6 rings (SSSR count). The van der Waals surface area contributed by atoms with E-state index in [0.717, 1.165) is 0 Å². The van der Waals surface area contributed by atoms with Gasteiger partial charge >= 0.3 is 12.7 Å². The number of carbonyl (C=O) groups is 1. The molecule has 226 valence electrons. The molecule has 43 heavy (non-hydrogen) atoms. The van der Waals surface area contributed by atoms with Crippen molar-refractivity contribution in [1.82, 2.24) is 19.3 Å². The van der Waals surface area contributed by atoms with Crippen LogP contribution < -0.4 is 9.64 Å². The van der Waals surface area contributed by atoms with Crippen molar-refractivity contribution in [3.63, 3.8) is 0 Å². The number of nitrogens with zero attached hydrogens (tertiary/aromatic N) is 5. The minimum Gasteiger partial charge on any atom is -0.444 e. The lowest BCUT2D eigenvalue weighted by molar-refractivity contribution is -0.0506. The molecule has 0 radical (unpaired) electrons. The third-order valence-electron chi connectivity index (χ3n) is 7.70. The van der Waals surface area contributed by atoms with Crippen molar-refractivity contribution in [3.05, 3.63) is 77.6 Å². The van der Waals surface area contributed by atoms with Crippen molar-refractivity contribution in [2.45, 2.75) is 51.4 Å². The standard InChI is InChI=1S/C31H32F3N5O4/c1-31(2,3)43-30(41)38-12-10-37(11-13-38)25-9-8-18(16-35-25)21-17-39-26(15-22(21)32)36-27-23(40)14-20(28(27)39)19-6-4-5-7-24(19)42-29(33)34/h4-9,15-17,20,23,29,40H,10-14H2,1-3H3. The van der Waals surface area contributed by atoms with E-state index in [9.17, 15) is 18.7 Å². The quantitative estimate of drug-likeness (QED) is 0.314. The fourth-order valence-electron chi connectivity index (χ4n) is 5.77. The molecule has 2 atom stereocenters. The van der Waals surface area contributed by atoms with Crippen molar-refractivity contribution in [2.75, 3.05) is 31.1 Å². The number of para-hydroxylation sites is 1. The van der Waals surface area contributed by atoms with Crippen LogP contribution in [0, 0.1) is 5.82 Å². The number of alkyl halides is 2. The van der Waals surface area contributed by atoms with Crippen molar-refractivity contribution in [3.8, 4) is 16.9 Å². The number of aromatic nitrogens is 3. The molecule has 0 bridgehead atoms. The maximum absolute atomic E-state index is 15.4. The zero-order valence-corrected chi connectivity index (χ0v) is 24.0. The number of fused-ring (bicyclic) bond motifs is 3. The number of aliphatic hydroxyl groups excluding tert-OH is 1. The molecule has 1 aliphatic heterocycles. The number of ether oxygens (including phenoxy) is 2. The zero-order valence-electron chi connectivity index (χ0n) is 24.0. The molecule has 1 aromatic carbocycles. The molecule has 1 saturated heterocycles. The zero-order chi connectivity index (χ0) is 30.5. The molecule has 2 aliphatic rings. The summed E-state index contributed by atoms with van der Waals surface area (Å²) in [7, 11) is 0. The molecule has 4 heterocycles. The number of pyridine rings is 2. The van der Waals surface area contributed by atoms with Crippen LogP contribution in [-0.4, -0.2) is 68.9 Å². The molecular formula is C31H32F3N5O4. The van der Waals surface area contributed by atoms with Crippen LogP contribution in [0.1, 0.15) is 56.2 Å². The van der Waals surface area contributed by atoms with E-state index in [1.807, 2.05) is 26.8 Å². The van der Waals surface area contributed by atoms with E-state index >= 15 is 4.39 Å². The minimum absolute atomic E-state index is 0.0200. The lowest BCUT2D eigenvalue weighted by Gasteiger charge is -2.36. The number of benzene rings is 1. The number of piperazine rings is 1. The number of aliphatic hydroxyl groups is 1. The van der Waals surface area contributed by atoms with Crippen molar-refractivity contribution >= 4 is 17.6 Å². The highest BCUT2D eigenvalue weighted by Crippen LogP contribution is 2.47. The summed E-state index contributed by atoms with van der Waals surface area (Å²) in [6, 6.07) is 11.4. The average Bonchev–Trinajstić information content (AvgIpc) is 3.48. The summed E-state index contributed by atoms with van der Waals surface area (Å²) < 4.78 is 53.6. The number of imidazole rings is 1. The third kappa shape index (κ3) is 5.71. The van der Waals surface area contributed by atoms with E-state index in [1.165, 1.54) is 12.1 Å². The minimum atomic E-state index is -3.00. The molecule has 4 aromatic rings. The summed E-state index contributed by atoms with van der Waals surface area (Å²) in [5.41, 5.74) is 2.03. The Morgan fingerprint density at radius 2 is 1.84 bits per heavy atom. The van der Waals surface area contributed by atoms with Crippen LogP contribution in [0.15, 0.2) is 54.9 Å². The van der Waals surface area contributed by atoms with Gasteiger partial charge in [-0.15, -0.1) is 0 Å². The van der Waals surface area contributed by atoms with Crippen LogP contribution in [0.5, 0.6) is 5.75 Å². The van der Waals surface area contributed by atoms with Gasteiger partial charge in [0.1, 0.15) is 28.6 Å². The van der Waals surface area contributed by atoms with Gasteiger partial charge in [0.05, 0.1) is 17.5 Å². The number of carbonyl (C=O) groups excluding carboxylic acids is 1. The van der Waals surface area contributed by atoms with E-state index in [2.05, 4.69) is 14.9 Å². The molecule has 12 heteroatoms. The van der Waals surface area contributed by atoms with Crippen LogP contribution in [0.4, 0.5) is 23.8 Å². The Morgan fingerprint density at radius 3 is 2.51 bits per heavy atom. The highest BCUT2D eigenvalue weighted by atomic mass is 19.3. The first kappa shape index (κ1) is 28.8. The largest absolute Gasteiger partial charge is 0.444 e. The molecule has 1 fully saturated rings. The summed E-state index contributed by atoms with van der Waals surface area (Å²) in [5.74, 6) is -0.278. The number of hydrogen-bond acceptors (Lipinski definition) is 7. The summed E-state index contributed by atoms with van der Waals surface area (Å²) in [6.45, 7) is 4.64. The van der Waals surface area contributed by atoms with Gasteiger partial charge in [-0.05, 0) is 45.4 Å². The van der Waals surface area contributed by atoms with Crippen molar-refractivity contribution in [1.29, 1.82) is 0 Å². The van der Waals surface area contributed by atoms with Crippen LogP contribution in [-0.2, 0) is 4.74 Å². The SMILES string of the molecule is CC(C)(C)OC(=O)N1CCN(c2ccc(-c3cn4c5c(nc4cc3F)C(O)CC5c3ccccc3OC(F)F)cn2)CC1. The van der Waals surface area contributed by atoms with Crippen LogP contribution >= 0.6 is 0 Å². The van der Waals surface area contributed by atoms with E-state index in [1.54, 1.807) is 46.0 Å². The second-order valence-corrected chi connectivity index (χ2v) is 11.7. The number of hydrogen-bond donors (Lipinski definition) is 1. The Bertz CT molecular complexity index is 1650. The van der Waals surface area contributed by atoms with E-state index in [4.69, 9.17) is 9.47 Å². The maximum atomic E-state index is 15.4. The van der Waals surface area contributed by atoms with Crippen LogP contribution in [0.25, 0.3) is 16.8 Å². The number of halogens is 3. The fraction of sp³-hybridized carbons (Fsp3) is 0.387. The van der Waals surface area contributed by atoms with Gasteiger partial charge in [0.25, 0.3) is 0 Å². The van der Waals surface area contributed by atoms with Crippen molar-refractivity contribution in [2.24, 2.45) is 0 Å². The molecule has 0 saturated carbocycles. The van der Waals surface area contributed by atoms with E-state index < -0.39 is 30.1 Å². The Labute approximate surface area is 246 Å². The third-order valence-corrected chi connectivity index (χ3v) is 7.70. The summed E-state index contributed by atoms with van der Waals surface area (Å²) in [5, 5.41) is 10.8. The van der Waals surface area contributed by atoms with Gasteiger partial charge in [0.15, 0.2) is 0 Å². The molecule has 1 N–H and O–H groups in total. The molecule has 1 amide bonds. The van der Waals surface area contributed by atoms with Gasteiger partial charge in [-0.2, -0.15) is 8.78 Å². The summed E-state index contributed by atoms with van der Waals surface area (Å²) in [4.78, 5) is 25.2. The lowest BCUT2D eigenvalue weighted by Crippen LogP contribution is -2.50.